The number of hydrogen-bond donors (Lipinski definition) is 1. The lowest BCUT2D eigenvalue weighted by atomic mass is 9.83. The summed E-state index contributed by atoms with van der Waals surface area (Å²) in [4.78, 5) is 29.1. The molecule has 0 aromatic heterocycles. The number of anilines is 1. The summed E-state index contributed by atoms with van der Waals surface area (Å²) in [5, 5.41) is 3.45. The Balaban J connectivity index is 0.00000289. The summed E-state index contributed by atoms with van der Waals surface area (Å²) >= 11 is 0. The van der Waals surface area contributed by atoms with Crippen molar-refractivity contribution in [2.45, 2.75) is 77.4 Å². The van der Waals surface area contributed by atoms with Crippen molar-refractivity contribution in [2.24, 2.45) is 5.92 Å². The van der Waals surface area contributed by atoms with E-state index in [-0.39, 0.29) is 30.5 Å². The van der Waals surface area contributed by atoms with E-state index < -0.39 is 0 Å². The second-order valence-corrected chi connectivity index (χ2v) is 9.58. The number of benzene rings is 1. The van der Waals surface area contributed by atoms with Crippen LogP contribution in [0.4, 0.5) is 10.5 Å². The maximum atomic E-state index is 13.2. The topological polar surface area (TPSA) is 61.9 Å². The summed E-state index contributed by atoms with van der Waals surface area (Å²) in [6.45, 7) is 7.41. The molecule has 178 valence electrons. The molecule has 2 fully saturated rings. The monoisotopic (exact) mass is 463 g/mol. The standard InChI is InChI=1S/C25H37N3O3.ClH/c1-18(2)31-24(29)10-5-19-3-7-22(8-4-19)27-15-16-28(25(27)30)23-9-6-20-11-13-26-14-12-21(20)17-23;/h6,9,17-19,22,26H,3-5,7-8,10-16H2,1-2H3;1H/t19-,22-;. The van der Waals surface area contributed by atoms with Crippen LogP contribution in [0.1, 0.15) is 63.5 Å². The lowest BCUT2D eigenvalue weighted by molar-refractivity contribution is -0.147. The molecule has 6 nitrogen and oxygen atoms in total. The first-order chi connectivity index (χ1) is 15.0. The molecule has 7 heteroatoms. The molecule has 0 radical (unpaired) electrons. The summed E-state index contributed by atoms with van der Waals surface area (Å²) in [6, 6.07) is 7.07. The Kier molecular flexibility index (Phi) is 8.83. The van der Waals surface area contributed by atoms with Crippen molar-refractivity contribution in [3.63, 3.8) is 0 Å². The van der Waals surface area contributed by atoms with Gasteiger partial charge in [0.05, 0.1) is 6.10 Å². The third-order valence-corrected chi connectivity index (χ3v) is 7.07. The second-order valence-electron chi connectivity index (χ2n) is 9.58. The van der Waals surface area contributed by atoms with Gasteiger partial charge in [-0.25, -0.2) is 4.79 Å². The normalized spacial score (nSPS) is 23.5. The minimum absolute atomic E-state index is 0. The van der Waals surface area contributed by atoms with Gasteiger partial charge in [0.2, 0.25) is 0 Å². The van der Waals surface area contributed by atoms with Crippen LogP contribution < -0.4 is 10.2 Å². The maximum absolute atomic E-state index is 13.2. The highest BCUT2D eigenvalue weighted by atomic mass is 35.5. The van der Waals surface area contributed by atoms with Crippen LogP contribution in [0.25, 0.3) is 0 Å². The number of hydrogen-bond acceptors (Lipinski definition) is 4. The van der Waals surface area contributed by atoms with Crippen LogP contribution in [-0.4, -0.2) is 55.2 Å². The Morgan fingerprint density at radius 2 is 1.81 bits per heavy atom. The van der Waals surface area contributed by atoms with Gasteiger partial charge in [0.25, 0.3) is 0 Å². The number of esters is 1. The first kappa shape index (κ1) is 24.8. The number of ether oxygens (including phenoxy) is 1. The smallest absolute Gasteiger partial charge is 0.324 e. The predicted molar refractivity (Wildman–Crippen MR) is 130 cm³/mol. The fraction of sp³-hybridized carbons (Fsp3) is 0.680. The van der Waals surface area contributed by atoms with E-state index in [4.69, 9.17) is 4.74 Å². The van der Waals surface area contributed by atoms with Gasteiger partial charge < -0.3 is 15.0 Å². The number of halogens is 1. The van der Waals surface area contributed by atoms with E-state index in [0.29, 0.717) is 18.4 Å². The molecule has 0 atom stereocenters. The first-order valence-electron chi connectivity index (χ1n) is 12.1. The molecule has 0 bridgehead atoms. The number of fused-ring (bicyclic) bond motifs is 1. The van der Waals surface area contributed by atoms with E-state index in [2.05, 4.69) is 28.4 Å². The Morgan fingerprint density at radius 1 is 1.09 bits per heavy atom. The molecule has 4 rings (SSSR count). The third kappa shape index (κ3) is 5.96. The highest BCUT2D eigenvalue weighted by Gasteiger charge is 2.36. The minimum atomic E-state index is -0.0842. The van der Waals surface area contributed by atoms with Gasteiger partial charge in [0.1, 0.15) is 0 Å². The van der Waals surface area contributed by atoms with Crippen molar-refractivity contribution in [2.75, 3.05) is 31.1 Å². The van der Waals surface area contributed by atoms with Crippen molar-refractivity contribution >= 4 is 30.1 Å². The van der Waals surface area contributed by atoms with E-state index in [1.165, 1.54) is 11.1 Å². The average Bonchev–Trinajstić information content (AvgIpc) is 2.98. The Hall–Kier alpha value is -1.79. The lowest BCUT2D eigenvalue weighted by Gasteiger charge is -2.34. The van der Waals surface area contributed by atoms with Gasteiger partial charge in [0.15, 0.2) is 0 Å². The molecule has 3 aliphatic rings. The number of carbonyl (C=O) groups is 2. The van der Waals surface area contributed by atoms with Gasteiger partial charge in [-0.15, -0.1) is 12.4 Å². The van der Waals surface area contributed by atoms with Gasteiger partial charge in [-0.1, -0.05) is 6.07 Å². The largest absolute Gasteiger partial charge is 0.463 e. The van der Waals surface area contributed by atoms with Gasteiger partial charge in [-0.05, 0) is 101 Å². The van der Waals surface area contributed by atoms with Crippen LogP contribution in [0.5, 0.6) is 0 Å². The van der Waals surface area contributed by atoms with Crippen molar-refractivity contribution in [3.05, 3.63) is 29.3 Å². The lowest BCUT2D eigenvalue weighted by Crippen LogP contribution is -2.41. The van der Waals surface area contributed by atoms with Crippen LogP contribution in [0, 0.1) is 5.92 Å². The third-order valence-electron chi connectivity index (χ3n) is 7.07. The van der Waals surface area contributed by atoms with Gasteiger partial charge in [-0.3, -0.25) is 9.69 Å². The summed E-state index contributed by atoms with van der Waals surface area (Å²) in [7, 11) is 0. The number of nitrogens with zero attached hydrogens (tertiary/aromatic N) is 2. The van der Waals surface area contributed by atoms with E-state index >= 15 is 0 Å². The number of carbonyl (C=O) groups excluding carboxylic acids is 2. The van der Waals surface area contributed by atoms with Crippen molar-refractivity contribution < 1.29 is 14.3 Å². The Bertz CT molecular complexity index is 793. The fourth-order valence-electron chi connectivity index (χ4n) is 5.35. The van der Waals surface area contributed by atoms with Crippen molar-refractivity contribution in [3.8, 4) is 0 Å². The SMILES string of the molecule is CC(C)OC(=O)CC[C@H]1CC[C@H](N2CCN(c3ccc4c(c3)CCNCC4)C2=O)CC1.Cl. The fourth-order valence-corrected chi connectivity index (χ4v) is 5.35. The molecule has 0 spiro atoms. The van der Waals surface area contributed by atoms with E-state index in [1.54, 1.807) is 0 Å². The zero-order valence-electron chi connectivity index (χ0n) is 19.5. The summed E-state index contributed by atoms with van der Waals surface area (Å²) < 4.78 is 5.25. The number of urea groups is 1. The molecule has 1 aliphatic carbocycles. The van der Waals surface area contributed by atoms with E-state index in [0.717, 1.165) is 76.8 Å². The summed E-state index contributed by atoms with van der Waals surface area (Å²) in [6.07, 6.45) is 7.74. The Morgan fingerprint density at radius 3 is 2.53 bits per heavy atom. The number of nitrogens with one attached hydrogen (secondary N) is 1. The second kappa shape index (κ2) is 11.4. The quantitative estimate of drug-likeness (QED) is 0.638. The maximum Gasteiger partial charge on any atom is 0.324 e. The van der Waals surface area contributed by atoms with Gasteiger partial charge in [-0.2, -0.15) is 0 Å². The molecule has 2 amide bonds. The molecule has 1 aromatic rings. The van der Waals surface area contributed by atoms with E-state index in [9.17, 15) is 9.59 Å². The highest BCUT2D eigenvalue weighted by Crippen LogP contribution is 2.33. The van der Waals surface area contributed by atoms with Crippen LogP contribution in [0.2, 0.25) is 0 Å². The molecular weight excluding hydrogens is 426 g/mol. The molecule has 2 heterocycles. The van der Waals surface area contributed by atoms with Crippen molar-refractivity contribution in [1.82, 2.24) is 10.2 Å². The molecule has 1 aromatic carbocycles. The molecule has 2 aliphatic heterocycles. The predicted octanol–water partition coefficient (Wildman–Crippen LogP) is 4.33. The molecule has 0 unspecified atom stereocenters. The van der Waals surface area contributed by atoms with Gasteiger partial charge >= 0.3 is 12.0 Å². The first-order valence-corrected chi connectivity index (χ1v) is 12.1. The van der Waals surface area contributed by atoms with E-state index in [1.807, 2.05) is 18.7 Å². The average molecular weight is 464 g/mol. The Labute approximate surface area is 198 Å². The zero-order chi connectivity index (χ0) is 21.8. The summed E-state index contributed by atoms with van der Waals surface area (Å²) in [5.74, 6) is 0.488. The van der Waals surface area contributed by atoms with Crippen LogP contribution in [0.3, 0.4) is 0 Å². The van der Waals surface area contributed by atoms with Gasteiger partial charge in [0, 0.05) is 31.2 Å². The number of rotatable bonds is 6. The molecule has 32 heavy (non-hydrogen) atoms. The summed E-state index contributed by atoms with van der Waals surface area (Å²) in [5.41, 5.74) is 3.84. The van der Waals surface area contributed by atoms with Crippen LogP contribution in [-0.2, 0) is 22.4 Å². The van der Waals surface area contributed by atoms with Crippen LogP contribution >= 0.6 is 12.4 Å². The van der Waals surface area contributed by atoms with Crippen LogP contribution in [0.15, 0.2) is 18.2 Å². The van der Waals surface area contributed by atoms with Crippen molar-refractivity contribution in [1.29, 1.82) is 0 Å². The highest BCUT2D eigenvalue weighted by molar-refractivity contribution is 5.94. The number of amides is 2. The minimum Gasteiger partial charge on any atom is -0.463 e. The zero-order valence-corrected chi connectivity index (χ0v) is 20.3. The molecular formula is C25H38ClN3O3. The molecule has 1 saturated heterocycles. The molecule has 1 N–H and O–H groups in total. The molecule has 1 saturated carbocycles.